The van der Waals surface area contributed by atoms with Crippen LogP contribution >= 0.6 is 15.9 Å². The van der Waals surface area contributed by atoms with Gasteiger partial charge in [-0.15, -0.1) is 0 Å². The normalized spacial score (nSPS) is 10.4. The number of benzene rings is 1. The molecule has 0 saturated heterocycles. The van der Waals surface area contributed by atoms with Crippen molar-refractivity contribution in [3.05, 3.63) is 52.0 Å². The van der Waals surface area contributed by atoms with Gasteiger partial charge in [0.1, 0.15) is 5.82 Å². The number of halogens is 2. The average molecular weight is 283 g/mol. The predicted molar refractivity (Wildman–Crippen MR) is 67.0 cm³/mol. The third-order valence-electron chi connectivity index (χ3n) is 2.40. The van der Waals surface area contributed by atoms with Gasteiger partial charge in [0.25, 0.3) is 0 Å². The molecular weight excluding hydrogens is 271 g/mol. The lowest BCUT2D eigenvalue weighted by Crippen LogP contribution is -2.01. The van der Waals surface area contributed by atoms with Crippen molar-refractivity contribution in [1.82, 2.24) is 4.98 Å². The molecule has 0 atom stereocenters. The van der Waals surface area contributed by atoms with Crippen LogP contribution in [0.4, 0.5) is 10.1 Å². The maximum Gasteiger partial charge on any atom is 0.139 e. The Balaban J connectivity index is 2.12. The standard InChI is InChI=1S/C12H12BrFN2/c1-8-5-10(13)11(14)6-12(8)16-7-9-3-2-4-15-9/h2-6,15-16H,7H2,1H3. The van der Waals surface area contributed by atoms with E-state index in [4.69, 9.17) is 0 Å². The van der Waals surface area contributed by atoms with Gasteiger partial charge in [0, 0.05) is 17.6 Å². The molecular formula is C12H12BrFN2. The van der Waals surface area contributed by atoms with Crippen LogP contribution in [0, 0.1) is 12.7 Å². The van der Waals surface area contributed by atoms with E-state index in [1.807, 2.05) is 25.3 Å². The molecule has 84 valence electrons. The maximum absolute atomic E-state index is 13.3. The average Bonchev–Trinajstić information content (AvgIpc) is 2.74. The minimum atomic E-state index is -0.250. The molecule has 0 bridgehead atoms. The molecule has 0 amide bonds. The van der Waals surface area contributed by atoms with Crippen LogP contribution in [0.5, 0.6) is 0 Å². The van der Waals surface area contributed by atoms with Crippen LogP contribution in [0.1, 0.15) is 11.3 Å². The summed E-state index contributed by atoms with van der Waals surface area (Å²) < 4.78 is 13.8. The third-order valence-corrected chi connectivity index (χ3v) is 3.01. The first-order valence-electron chi connectivity index (χ1n) is 4.98. The Morgan fingerprint density at radius 2 is 2.25 bits per heavy atom. The van der Waals surface area contributed by atoms with Gasteiger partial charge in [0.05, 0.1) is 11.0 Å². The van der Waals surface area contributed by atoms with Gasteiger partial charge in [0.2, 0.25) is 0 Å². The molecule has 1 heterocycles. The Morgan fingerprint density at radius 1 is 1.44 bits per heavy atom. The summed E-state index contributed by atoms with van der Waals surface area (Å²) in [5.74, 6) is -0.250. The van der Waals surface area contributed by atoms with Crippen molar-refractivity contribution < 1.29 is 4.39 Å². The molecule has 2 N–H and O–H groups in total. The van der Waals surface area contributed by atoms with Crippen LogP contribution in [-0.2, 0) is 6.54 Å². The van der Waals surface area contributed by atoms with Crippen LogP contribution in [0.2, 0.25) is 0 Å². The number of aromatic amines is 1. The van der Waals surface area contributed by atoms with Gasteiger partial charge in [0.15, 0.2) is 0 Å². The Kier molecular flexibility index (Phi) is 3.29. The van der Waals surface area contributed by atoms with Gasteiger partial charge in [-0.3, -0.25) is 0 Å². The number of aromatic nitrogens is 1. The van der Waals surface area contributed by atoms with E-state index in [9.17, 15) is 4.39 Å². The molecule has 4 heteroatoms. The summed E-state index contributed by atoms with van der Waals surface area (Å²) in [6, 6.07) is 7.19. The van der Waals surface area contributed by atoms with Gasteiger partial charge in [-0.05, 0) is 52.7 Å². The smallest absolute Gasteiger partial charge is 0.139 e. The van der Waals surface area contributed by atoms with Crippen LogP contribution < -0.4 is 5.32 Å². The second-order valence-electron chi connectivity index (χ2n) is 3.63. The van der Waals surface area contributed by atoms with Gasteiger partial charge in [-0.1, -0.05) is 0 Å². The summed E-state index contributed by atoms with van der Waals surface area (Å²) >= 11 is 3.16. The van der Waals surface area contributed by atoms with E-state index in [0.717, 1.165) is 16.9 Å². The van der Waals surface area contributed by atoms with Crippen molar-refractivity contribution in [2.45, 2.75) is 13.5 Å². The molecule has 0 saturated carbocycles. The van der Waals surface area contributed by atoms with Gasteiger partial charge in [-0.25, -0.2) is 4.39 Å². The summed E-state index contributed by atoms with van der Waals surface area (Å²) in [6.07, 6.45) is 1.87. The molecule has 2 aromatic rings. The van der Waals surface area contributed by atoms with E-state index >= 15 is 0 Å². The number of hydrogen-bond acceptors (Lipinski definition) is 1. The molecule has 1 aromatic carbocycles. The Morgan fingerprint density at radius 3 is 2.94 bits per heavy atom. The lowest BCUT2D eigenvalue weighted by Gasteiger charge is -2.09. The van der Waals surface area contributed by atoms with E-state index in [1.54, 1.807) is 6.07 Å². The van der Waals surface area contributed by atoms with Crippen molar-refractivity contribution in [3.63, 3.8) is 0 Å². The first kappa shape index (κ1) is 11.2. The molecule has 2 rings (SSSR count). The lowest BCUT2D eigenvalue weighted by molar-refractivity contribution is 0.621. The highest BCUT2D eigenvalue weighted by atomic mass is 79.9. The molecule has 0 fully saturated rings. The van der Waals surface area contributed by atoms with Crippen LogP contribution in [0.25, 0.3) is 0 Å². The lowest BCUT2D eigenvalue weighted by atomic mass is 10.2. The molecule has 0 spiro atoms. The summed E-state index contributed by atoms with van der Waals surface area (Å²) in [4.78, 5) is 3.09. The summed E-state index contributed by atoms with van der Waals surface area (Å²) in [6.45, 7) is 2.61. The number of anilines is 1. The number of nitrogens with one attached hydrogen (secondary N) is 2. The Bertz CT molecular complexity index is 480. The molecule has 0 aliphatic heterocycles. The Hall–Kier alpha value is -1.29. The zero-order chi connectivity index (χ0) is 11.5. The SMILES string of the molecule is Cc1cc(Br)c(F)cc1NCc1ccc[nH]1. The zero-order valence-electron chi connectivity index (χ0n) is 8.85. The fraction of sp³-hybridized carbons (Fsp3) is 0.167. The molecule has 1 aromatic heterocycles. The van der Waals surface area contributed by atoms with E-state index in [2.05, 4.69) is 26.2 Å². The fourth-order valence-corrected chi connectivity index (χ4v) is 1.96. The van der Waals surface area contributed by atoms with Crippen LogP contribution in [0.15, 0.2) is 34.9 Å². The maximum atomic E-state index is 13.3. The summed E-state index contributed by atoms with van der Waals surface area (Å²) in [5.41, 5.74) is 2.90. The predicted octanol–water partition coefficient (Wildman–Crippen LogP) is 3.84. The van der Waals surface area contributed by atoms with E-state index in [1.165, 1.54) is 6.07 Å². The largest absolute Gasteiger partial charge is 0.379 e. The number of hydrogen-bond donors (Lipinski definition) is 2. The third kappa shape index (κ3) is 2.44. The highest BCUT2D eigenvalue weighted by Gasteiger charge is 2.04. The van der Waals surface area contributed by atoms with Crippen molar-refractivity contribution in [3.8, 4) is 0 Å². The first-order valence-corrected chi connectivity index (χ1v) is 5.78. The van der Waals surface area contributed by atoms with E-state index < -0.39 is 0 Å². The van der Waals surface area contributed by atoms with Gasteiger partial charge in [-0.2, -0.15) is 0 Å². The number of H-pyrrole nitrogens is 1. The topological polar surface area (TPSA) is 27.8 Å². The highest BCUT2D eigenvalue weighted by Crippen LogP contribution is 2.24. The van der Waals surface area contributed by atoms with Crippen LogP contribution in [-0.4, -0.2) is 4.98 Å². The second kappa shape index (κ2) is 4.70. The molecule has 0 aliphatic carbocycles. The molecule has 2 nitrogen and oxygen atoms in total. The molecule has 16 heavy (non-hydrogen) atoms. The van der Waals surface area contributed by atoms with Gasteiger partial charge >= 0.3 is 0 Å². The Labute approximate surface area is 102 Å². The monoisotopic (exact) mass is 282 g/mol. The minimum Gasteiger partial charge on any atom is -0.379 e. The fourth-order valence-electron chi connectivity index (χ4n) is 1.50. The van der Waals surface area contributed by atoms with E-state index in [-0.39, 0.29) is 5.82 Å². The highest BCUT2D eigenvalue weighted by molar-refractivity contribution is 9.10. The quantitative estimate of drug-likeness (QED) is 0.880. The van der Waals surface area contributed by atoms with Crippen molar-refractivity contribution >= 4 is 21.6 Å². The number of aryl methyl sites for hydroxylation is 1. The first-order chi connectivity index (χ1) is 7.66. The molecule has 0 aliphatic rings. The minimum absolute atomic E-state index is 0.250. The van der Waals surface area contributed by atoms with Crippen molar-refractivity contribution in [1.29, 1.82) is 0 Å². The summed E-state index contributed by atoms with van der Waals surface area (Å²) in [5, 5.41) is 3.19. The van der Waals surface area contributed by atoms with Crippen molar-refractivity contribution in [2.75, 3.05) is 5.32 Å². The second-order valence-corrected chi connectivity index (χ2v) is 4.48. The van der Waals surface area contributed by atoms with Crippen molar-refractivity contribution in [2.24, 2.45) is 0 Å². The van der Waals surface area contributed by atoms with Crippen LogP contribution in [0.3, 0.4) is 0 Å². The van der Waals surface area contributed by atoms with E-state index in [0.29, 0.717) is 11.0 Å². The zero-order valence-corrected chi connectivity index (χ0v) is 10.4. The summed E-state index contributed by atoms with van der Waals surface area (Å²) in [7, 11) is 0. The van der Waals surface area contributed by atoms with Gasteiger partial charge < -0.3 is 10.3 Å². The number of rotatable bonds is 3. The molecule has 0 unspecified atom stereocenters. The molecule has 0 radical (unpaired) electrons.